The molecule has 31 heavy (non-hydrogen) atoms. The number of sulfone groups is 1. The van der Waals surface area contributed by atoms with E-state index in [-0.39, 0.29) is 5.76 Å². The molecule has 0 unspecified atom stereocenters. The summed E-state index contributed by atoms with van der Waals surface area (Å²) in [6.07, 6.45) is 6.60. The Morgan fingerprint density at radius 1 is 0.968 bits per heavy atom. The molecule has 5 heteroatoms. The van der Waals surface area contributed by atoms with Gasteiger partial charge >= 0.3 is 0 Å². The quantitative estimate of drug-likeness (QED) is 0.505. The molecule has 0 aromatic heterocycles. The number of unbranched alkanes of at least 4 members (excludes halogenated alkanes) is 2. The first-order valence-corrected chi connectivity index (χ1v) is 12.8. The second-order valence-corrected chi connectivity index (χ2v) is 10.8. The van der Waals surface area contributed by atoms with Gasteiger partial charge in [-0.05, 0) is 48.2 Å². The first kappa shape index (κ1) is 23.4. The van der Waals surface area contributed by atoms with E-state index < -0.39 is 20.5 Å². The Morgan fingerprint density at radius 2 is 1.58 bits per heavy atom. The van der Waals surface area contributed by atoms with Crippen LogP contribution < -0.4 is 4.90 Å². The van der Waals surface area contributed by atoms with Gasteiger partial charge in [0.05, 0.1) is 4.90 Å². The molecule has 0 amide bonds. The molecule has 0 spiro atoms. The lowest BCUT2D eigenvalue weighted by atomic mass is 9.71. The minimum absolute atomic E-state index is 0.196. The maximum absolute atomic E-state index is 14.2. The van der Waals surface area contributed by atoms with E-state index in [0.29, 0.717) is 23.3 Å². The predicted molar refractivity (Wildman–Crippen MR) is 129 cm³/mol. The zero-order valence-electron chi connectivity index (χ0n) is 19.1. The Morgan fingerprint density at radius 3 is 2.13 bits per heavy atom. The molecule has 0 bridgehead atoms. The number of anilines is 1. The van der Waals surface area contributed by atoms with Crippen LogP contribution in [0.25, 0.3) is 6.08 Å². The van der Waals surface area contributed by atoms with Crippen LogP contribution in [-0.4, -0.2) is 27.6 Å². The standard InChI is InChI=1S/C26H35NO3S/c1-5-7-16-26(17-8-6-2)24(28)19-21-18-22(27(3)4)14-15-23(21)31(29,30)25(26)20-12-10-9-11-13-20/h9-15,18-19,25,28H,5-8,16-17H2,1-4H3/t25-/m1/s1. The monoisotopic (exact) mass is 441 g/mol. The third kappa shape index (κ3) is 4.38. The second kappa shape index (κ2) is 9.47. The number of fused-ring (bicyclic) bond motifs is 1. The highest BCUT2D eigenvalue weighted by molar-refractivity contribution is 7.91. The first-order valence-electron chi connectivity index (χ1n) is 11.3. The lowest BCUT2D eigenvalue weighted by molar-refractivity contribution is 0.175. The van der Waals surface area contributed by atoms with Gasteiger partial charge in [0.25, 0.3) is 0 Å². The van der Waals surface area contributed by atoms with Crippen LogP contribution in [0.2, 0.25) is 0 Å². The van der Waals surface area contributed by atoms with E-state index in [1.807, 2.05) is 61.5 Å². The molecule has 0 radical (unpaired) electrons. The van der Waals surface area contributed by atoms with E-state index in [1.165, 1.54) is 0 Å². The summed E-state index contributed by atoms with van der Waals surface area (Å²) in [6, 6.07) is 14.9. The number of hydrogen-bond acceptors (Lipinski definition) is 4. The maximum Gasteiger partial charge on any atom is 0.186 e. The van der Waals surface area contributed by atoms with Gasteiger partial charge in [0.2, 0.25) is 0 Å². The van der Waals surface area contributed by atoms with Crippen molar-refractivity contribution in [1.29, 1.82) is 0 Å². The Labute approximate surface area is 187 Å². The zero-order chi connectivity index (χ0) is 22.6. The summed E-state index contributed by atoms with van der Waals surface area (Å²) < 4.78 is 28.5. The predicted octanol–water partition coefficient (Wildman–Crippen LogP) is 6.55. The molecule has 1 N–H and O–H groups in total. The van der Waals surface area contributed by atoms with Gasteiger partial charge in [0.1, 0.15) is 11.0 Å². The molecule has 0 saturated carbocycles. The van der Waals surface area contributed by atoms with E-state index >= 15 is 0 Å². The molecule has 168 valence electrons. The second-order valence-electron chi connectivity index (χ2n) is 8.85. The molecule has 0 saturated heterocycles. The minimum Gasteiger partial charge on any atom is -0.512 e. The summed E-state index contributed by atoms with van der Waals surface area (Å²) in [5.74, 6) is 0.196. The van der Waals surface area contributed by atoms with Crippen LogP contribution in [0, 0.1) is 5.41 Å². The molecular formula is C26H35NO3S. The molecule has 0 fully saturated rings. The van der Waals surface area contributed by atoms with E-state index in [2.05, 4.69) is 13.8 Å². The van der Waals surface area contributed by atoms with Crippen molar-refractivity contribution in [2.45, 2.75) is 62.5 Å². The van der Waals surface area contributed by atoms with E-state index in [1.54, 1.807) is 12.1 Å². The van der Waals surface area contributed by atoms with Crippen LogP contribution in [-0.2, 0) is 9.84 Å². The number of aliphatic hydroxyl groups excluding tert-OH is 1. The SMILES string of the molecule is CCCCC1(CCCC)C(O)=Cc2cc(N(C)C)ccc2S(=O)(=O)[C@@H]1c1ccccc1. The van der Waals surface area contributed by atoms with Gasteiger partial charge in [-0.3, -0.25) is 0 Å². The Hall–Kier alpha value is -2.27. The number of benzene rings is 2. The molecule has 1 aliphatic heterocycles. The van der Waals surface area contributed by atoms with Gasteiger partial charge in [-0.25, -0.2) is 8.42 Å². The third-order valence-electron chi connectivity index (χ3n) is 6.49. The van der Waals surface area contributed by atoms with Crippen LogP contribution in [0.3, 0.4) is 0 Å². The molecule has 0 aliphatic carbocycles. The summed E-state index contributed by atoms with van der Waals surface area (Å²) in [6.45, 7) is 4.21. The Balaban J connectivity index is 2.35. The average Bonchev–Trinajstić information content (AvgIpc) is 2.82. The molecular weight excluding hydrogens is 406 g/mol. The molecule has 1 atom stereocenters. The summed E-state index contributed by atoms with van der Waals surface area (Å²) >= 11 is 0. The van der Waals surface area contributed by atoms with Gasteiger partial charge in [-0.1, -0.05) is 69.9 Å². The van der Waals surface area contributed by atoms with Gasteiger partial charge in [-0.2, -0.15) is 0 Å². The molecule has 4 nitrogen and oxygen atoms in total. The van der Waals surface area contributed by atoms with Crippen molar-refractivity contribution in [3.05, 3.63) is 65.4 Å². The minimum atomic E-state index is -3.75. The number of aliphatic hydroxyl groups is 1. The Kier molecular flexibility index (Phi) is 7.15. The number of nitrogens with zero attached hydrogens (tertiary/aromatic N) is 1. The van der Waals surface area contributed by atoms with Crippen molar-refractivity contribution in [3.63, 3.8) is 0 Å². The van der Waals surface area contributed by atoms with Crippen molar-refractivity contribution in [1.82, 2.24) is 0 Å². The summed E-state index contributed by atoms with van der Waals surface area (Å²) in [5, 5.41) is 10.8. The fourth-order valence-electron chi connectivity index (χ4n) is 4.79. The van der Waals surface area contributed by atoms with Crippen LogP contribution >= 0.6 is 0 Å². The number of hydrogen-bond donors (Lipinski definition) is 1. The van der Waals surface area contributed by atoms with Crippen molar-refractivity contribution in [2.75, 3.05) is 19.0 Å². The molecule has 2 aromatic rings. The van der Waals surface area contributed by atoms with Crippen LogP contribution in [0.15, 0.2) is 59.2 Å². The third-order valence-corrected chi connectivity index (χ3v) is 8.81. The highest BCUT2D eigenvalue weighted by Gasteiger charge is 2.51. The first-order chi connectivity index (χ1) is 14.8. The van der Waals surface area contributed by atoms with Crippen LogP contribution in [0.5, 0.6) is 0 Å². The van der Waals surface area contributed by atoms with Crippen molar-refractivity contribution in [3.8, 4) is 0 Å². The van der Waals surface area contributed by atoms with Crippen LogP contribution in [0.4, 0.5) is 5.69 Å². The van der Waals surface area contributed by atoms with Crippen molar-refractivity contribution >= 4 is 21.6 Å². The Bertz CT molecular complexity index is 1020. The van der Waals surface area contributed by atoms with Gasteiger partial charge in [0, 0.05) is 25.2 Å². The highest BCUT2D eigenvalue weighted by Crippen LogP contribution is 2.56. The number of rotatable bonds is 8. The van der Waals surface area contributed by atoms with Gasteiger partial charge < -0.3 is 10.0 Å². The average molecular weight is 442 g/mol. The van der Waals surface area contributed by atoms with Crippen molar-refractivity contribution < 1.29 is 13.5 Å². The summed E-state index contributed by atoms with van der Waals surface area (Å²) in [7, 11) is 0.107. The zero-order valence-corrected chi connectivity index (χ0v) is 20.0. The van der Waals surface area contributed by atoms with Crippen LogP contribution in [0.1, 0.15) is 68.7 Å². The fraction of sp³-hybridized carbons (Fsp3) is 0.462. The maximum atomic E-state index is 14.2. The topological polar surface area (TPSA) is 57.6 Å². The molecule has 1 heterocycles. The van der Waals surface area contributed by atoms with E-state index in [0.717, 1.165) is 36.9 Å². The van der Waals surface area contributed by atoms with Crippen molar-refractivity contribution in [2.24, 2.45) is 5.41 Å². The normalized spacial score (nSPS) is 19.2. The molecule has 1 aliphatic rings. The lowest BCUT2D eigenvalue weighted by Crippen LogP contribution is -2.35. The molecule has 2 aromatic carbocycles. The summed E-state index contributed by atoms with van der Waals surface area (Å²) in [5.41, 5.74) is 1.38. The summed E-state index contributed by atoms with van der Waals surface area (Å²) in [4.78, 5) is 2.24. The lowest BCUT2D eigenvalue weighted by Gasteiger charge is -2.39. The van der Waals surface area contributed by atoms with E-state index in [4.69, 9.17) is 0 Å². The molecule has 3 rings (SSSR count). The smallest absolute Gasteiger partial charge is 0.186 e. The largest absolute Gasteiger partial charge is 0.512 e. The van der Waals surface area contributed by atoms with E-state index in [9.17, 15) is 13.5 Å². The number of allylic oxidation sites excluding steroid dienone is 1. The fourth-order valence-corrected chi connectivity index (χ4v) is 7.21. The van der Waals surface area contributed by atoms with Gasteiger partial charge in [-0.15, -0.1) is 0 Å². The highest BCUT2D eigenvalue weighted by atomic mass is 32.2. The van der Waals surface area contributed by atoms with Gasteiger partial charge in [0.15, 0.2) is 9.84 Å².